The number of carbonyl (C=O) groups is 2. The van der Waals surface area contributed by atoms with Gasteiger partial charge in [0.25, 0.3) is 0 Å². The number of carbonyl (C=O) groups excluding carboxylic acids is 2. The van der Waals surface area contributed by atoms with Gasteiger partial charge in [0.15, 0.2) is 50.3 Å². The van der Waals surface area contributed by atoms with Crippen LogP contribution in [0.15, 0.2) is 48.5 Å². The molecule has 0 unspecified atom stereocenters. The number of hydrogen-bond acceptors (Lipinski definition) is 44. The molecule has 32 rings (SSSR count). The molecular weight excluding hydrogens is 1490 g/mol. The second-order valence-corrected chi connectivity index (χ2v) is 26.5. The Kier molecular flexibility index (Phi) is 32.2. The van der Waals surface area contributed by atoms with Crippen LogP contribution in [0, 0.1) is 0 Å². The Morgan fingerprint density at radius 1 is 0.259 bits per heavy atom. The van der Waals surface area contributed by atoms with Crippen molar-refractivity contribution in [3.8, 4) is 0 Å². The monoisotopic (exact) mass is 1580 g/mol. The SMILES string of the molecule is O=C([O-])c1ccccc1NC[C@H]1O[C@@H]2O[C@H]3[C@@H](O)[C@H](O)[C@@H](O[C@H]4[C@@H](O)[C@H](O)[C@@H](O[C@H]5[C@@H](O)[C@@H](O)[C@@H](O[C@H]6[C@H](O)[C@@H](O)[C@@H](O[C@H]7[C@H](O)[C@@H](O)[C@@H](O[C@H]8[C@H](O)[C@@H](O)[C@@H](O[C@H]9[C@H](O)[C@@H](O)[C@@H](O[C@H]1[C@H](O)[C@@H]2O)O[C@@H]9CNc1ccccc1C(=O)[O-])O[C@@H]8CO)O[C@@H]7CO)O[C@@H]6CO)O[C@@H]5CO)O[C@@H]4CO)O[C@@H]3CO.[Na+].[Na+]. The third-order valence-corrected chi connectivity index (χ3v) is 19.8. The number of nitrogens with one attached hydrogen (secondary N) is 2. The second kappa shape index (κ2) is 38.9. The predicted molar refractivity (Wildman–Crippen MR) is 325 cm³/mol. The Morgan fingerprint density at radius 2 is 0.417 bits per heavy atom. The molecule has 2 aromatic carbocycles. The van der Waals surface area contributed by atoms with E-state index in [0.717, 1.165) is 12.1 Å². The third-order valence-electron chi connectivity index (χ3n) is 19.8. The maximum absolute atomic E-state index is 12.3. The fraction of sp³-hybridized carbons (Fsp3) is 0.774. The van der Waals surface area contributed by atoms with Crippen LogP contribution in [0.25, 0.3) is 0 Å². The van der Waals surface area contributed by atoms with Gasteiger partial charge < -0.3 is 219 Å². The molecule has 0 radical (unpaired) electrons. The van der Waals surface area contributed by atoms with E-state index in [0.29, 0.717) is 0 Å². The molecule has 30 aliphatic heterocycles. The summed E-state index contributed by atoms with van der Waals surface area (Å²) in [6.45, 7) is -8.09. The van der Waals surface area contributed by atoms with Gasteiger partial charge in [0.2, 0.25) is 0 Å². The zero-order chi connectivity index (χ0) is 76.6. The van der Waals surface area contributed by atoms with Gasteiger partial charge in [-0.15, -0.1) is 0 Å². The van der Waals surface area contributed by atoms with Crippen LogP contribution in [0.1, 0.15) is 20.7 Å². The fourth-order valence-electron chi connectivity index (χ4n) is 14.0. The second-order valence-electron chi connectivity index (χ2n) is 26.5. The van der Waals surface area contributed by atoms with Crippen LogP contribution in [-0.2, 0) is 75.8 Å². The van der Waals surface area contributed by atoms with Gasteiger partial charge in [-0.1, -0.05) is 36.4 Å². The van der Waals surface area contributed by atoms with E-state index in [1.54, 1.807) is 0 Å². The summed E-state index contributed by atoms with van der Waals surface area (Å²) in [6, 6.07) is 10.4. The van der Waals surface area contributed by atoms with Crippen molar-refractivity contribution in [2.24, 2.45) is 0 Å². The number of benzene rings is 2. The van der Waals surface area contributed by atoms with E-state index < -0.39 is 321 Å². The number of rotatable bonds is 14. The van der Waals surface area contributed by atoms with Gasteiger partial charge in [0.05, 0.1) is 51.6 Å². The van der Waals surface area contributed by atoms with Crippen molar-refractivity contribution in [3.63, 3.8) is 0 Å². The van der Waals surface area contributed by atoms with Crippen molar-refractivity contribution >= 4 is 23.3 Å². The predicted octanol–water partition coefficient (Wildman–Crippen LogP) is -22.4. The van der Waals surface area contributed by atoms with Gasteiger partial charge in [0, 0.05) is 35.6 Å². The van der Waals surface area contributed by atoms with Crippen LogP contribution < -0.4 is 80.0 Å². The van der Waals surface area contributed by atoms with Gasteiger partial charge in [-0.3, -0.25) is 0 Å². The normalized spacial score (nSPS) is 46.9. The molecule has 600 valence electrons. The van der Waals surface area contributed by atoms with Crippen molar-refractivity contribution in [3.05, 3.63) is 59.7 Å². The van der Waals surface area contributed by atoms with Crippen LogP contribution >= 0.6 is 0 Å². The molecule has 0 aromatic heterocycles. The van der Waals surface area contributed by atoms with Crippen LogP contribution in [-0.4, -0.2) is 423 Å². The molecular formula is C62H88N2Na2O42. The summed E-state index contributed by atoms with van der Waals surface area (Å²) in [6.07, 6.45) is -84.7. The number of aromatic carboxylic acids is 2. The number of carboxylic acid groups (broad SMARTS) is 2. The van der Waals surface area contributed by atoms with Crippen LogP contribution in [0.4, 0.5) is 11.4 Å². The molecule has 46 heteroatoms. The fourth-order valence-corrected chi connectivity index (χ4v) is 14.0. The molecule has 30 aliphatic rings. The molecule has 0 amide bonds. The minimum Gasteiger partial charge on any atom is -0.545 e. The van der Waals surface area contributed by atoms with E-state index in [2.05, 4.69) is 10.6 Å². The Hall–Kier alpha value is -2.54. The van der Waals surface area contributed by atoms with Crippen molar-refractivity contribution in [1.82, 2.24) is 0 Å². The average molecular weight is 1580 g/mol. The van der Waals surface area contributed by atoms with Crippen molar-refractivity contribution in [1.29, 1.82) is 0 Å². The summed E-state index contributed by atoms with van der Waals surface area (Å²) in [5.41, 5.74) is -1.14. The molecule has 30 fully saturated rings. The van der Waals surface area contributed by atoms with Gasteiger partial charge in [-0.05, 0) is 12.1 Å². The topological polar surface area (TPSA) is 697 Å². The number of para-hydroxylation sites is 2. The molecule has 30 heterocycles. The maximum Gasteiger partial charge on any atom is 1.00 e. The van der Waals surface area contributed by atoms with E-state index in [1.807, 2.05) is 0 Å². The third kappa shape index (κ3) is 18.6. The van der Waals surface area contributed by atoms with E-state index >= 15 is 0 Å². The van der Waals surface area contributed by atoms with Gasteiger partial charge in [0.1, 0.15) is 195 Å². The number of aliphatic hydroxyl groups is 22. The van der Waals surface area contributed by atoms with Crippen LogP contribution in [0.5, 0.6) is 0 Å². The molecule has 2 aromatic rings. The zero-order valence-electron chi connectivity index (χ0n) is 57.4. The van der Waals surface area contributed by atoms with Crippen molar-refractivity contribution in [2.45, 2.75) is 246 Å². The molecule has 40 atom stereocenters. The first-order chi connectivity index (χ1) is 50.6. The number of hydrogen-bond donors (Lipinski definition) is 24. The first-order valence-corrected chi connectivity index (χ1v) is 33.7. The first kappa shape index (κ1) is 89.4. The summed E-state index contributed by atoms with van der Waals surface area (Å²) in [7, 11) is 0. The Bertz CT molecular complexity index is 3100. The summed E-state index contributed by atoms with van der Waals surface area (Å²) in [5.74, 6) is -3.36. The van der Waals surface area contributed by atoms with Crippen molar-refractivity contribution in [2.75, 3.05) is 63.4 Å². The van der Waals surface area contributed by atoms with Crippen LogP contribution in [0.3, 0.4) is 0 Å². The molecule has 108 heavy (non-hydrogen) atoms. The molecule has 44 nitrogen and oxygen atoms in total. The van der Waals surface area contributed by atoms with E-state index in [-0.39, 0.29) is 70.5 Å². The summed E-state index contributed by atoms with van der Waals surface area (Å²) < 4.78 is 94.0. The largest absolute Gasteiger partial charge is 1.00 e. The zero-order valence-corrected chi connectivity index (χ0v) is 61.4. The Balaban J connectivity index is 0.00000673. The average Bonchev–Trinajstić information content (AvgIpc) is 0.774. The molecule has 0 aliphatic carbocycles. The molecule has 16 bridgehead atoms. The van der Waals surface area contributed by atoms with Crippen LogP contribution in [0.2, 0.25) is 0 Å². The molecule has 30 saturated heterocycles. The standard InChI is InChI=1S/C62H90N2O42.2Na/c65-11-23-47-32(74)40(82)58(94-23)103-49-25(13-67)96-60(42(84)34(49)76)105-51-27(15-69)98-62(44(86)36(51)78)106-52-28(16-70)97-61(43(85)35(52)77)104-50-26(14-68)95-59(41(83)33(50)75)102-48-24(12-66)93-57(39(81)31(48)73)100-46-22(10-64-20-8-4-2-6-18(20)54(89)90)91-55(37(79)29(46)71)99-45-21(92-56(101-47)38(80)30(45)72)9-63-19-7-3-1-5-17(19)53(87)88;;/h1-8,21-52,55-86H,9-16H2,(H,87,88)(H,89,90);;/q;2*+1/p-2/t21-,22-,23-,24-,25-,26-,27-,28-,29-,30-,31-,32+,33-,34+,35-,36+,37-,38+,39-,40+,41-,42+,43-,44-,45-,46-,47-,48-,49-,50-,51-,52-,55-,56-,57-,58-,59-,60-,61-,62-;;/m1../s1. The molecule has 24 N–H and O–H groups in total. The number of aliphatic hydroxyl groups excluding tert-OH is 22. The summed E-state index contributed by atoms with van der Waals surface area (Å²) in [5, 5.41) is 281. The first-order valence-electron chi connectivity index (χ1n) is 33.7. The quantitative estimate of drug-likeness (QED) is 0.0781. The van der Waals surface area contributed by atoms with Gasteiger partial charge >= 0.3 is 59.1 Å². The summed E-state index contributed by atoms with van der Waals surface area (Å²) >= 11 is 0. The maximum atomic E-state index is 12.3. The minimum absolute atomic E-state index is 0. The van der Waals surface area contributed by atoms with E-state index in [4.69, 9.17) is 75.8 Å². The Morgan fingerprint density at radius 3 is 0.583 bits per heavy atom. The van der Waals surface area contributed by atoms with E-state index in [1.165, 1.54) is 36.4 Å². The Labute approximate surface area is 655 Å². The molecule has 0 saturated carbocycles. The van der Waals surface area contributed by atoms with E-state index in [9.17, 15) is 132 Å². The number of carboxylic acids is 2. The number of anilines is 2. The van der Waals surface area contributed by atoms with Gasteiger partial charge in [-0.2, -0.15) is 0 Å². The minimum atomic E-state index is -2.38. The smallest absolute Gasteiger partial charge is 0.545 e. The number of ether oxygens (including phenoxy) is 16. The molecule has 0 spiro atoms. The van der Waals surface area contributed by atoms with Gasteiger partial charge in [-0.25, -0.2) is 0 Å². The summed E-state index contributed by atoms with van der Waals surface area (Å²) in [4.78, 5) is 24.5. The van der Waals surface area contributed by atoms with Crippen molar-refractivity contribution < 1.29 is 267 Å².